The summed E-state index contributed by atoms with van der Waals surface area (Å²) in [4.78, 5) is 38.9. The summed E-state index contributed by atoms with van der Waals surface area (Å²) in [7, 11) is 1.59. The van der Waals surface area contributed by atoms with Gasteiger partial charge in [-0.15, -0.1) is 0 Å². The second-order valence-electron chi connectivity index (χ2n) is 12.3. The summed E-state index contributed by atoms with van der Waals surface area (Å²) in [6.07, 6.45) is -0.534. The van der Waals surface area contributed by atoms with E-state index in [9.17, 15) is 14.4 Å². The van der Waals surface area contributed by atoms with E-state index in [-0.39, 0.29) is 31.0 Å². The van der Waals surface area contributed by atoms with Crippen LogP contribution in [0.5, 0.6) is 5.75 Å². The van der Waals surface area contributed by atoms with Crippen LogP contribution in [0, 0.1) is 5.92 Å². The number of rotatable bonds is 11. The van der Waals surface area contributed by atoms with Gasteiger partial charge in [-0.1, -0.05) is 98.8 Å². The second-order valence-corrected chi connectivity index (χ2v) is 12.3. The van der Waals surface area contributed by atoms with E-state index in [1.54, 1.807) is 37.4 Å². The van der Waals surface area contributed by atoms with Gasteiger partial charge in [0, 0.05) is 17.2 Å². The van der Waals surface area contributed by atoms with Gasteiger partial charge in [0.25, 0.3) is 5.91 Å². The Bertz CT molecular complexity index is 1910. The normalized spacial score (nSPS) is 12.4. The first-order valence-electron chi connectivity index (χ1n) is 16.2. The third-order valence-electron chi connectivity index (χ3n) is 8.68. The molecule has 5 aromatic carbocycles. The summed E-state index contributed by atoms with van der Waals surface area (Å²) in [5.74, 6) is -0.375. The van der Waals surface area contributed by atoms with E-state index < -0.39 is 18.1 Å². The van der Waals surface area contributed by atoms with Gasteiger partial charge in [-0.25, -0.2) is 9.59 Å². The van der Waals surface area contributed by atoms with E-state index in [1.807, 2.05) is 80.6 Å². The van der Waals surface area contributed by atoms with E-state index in [1.165, 1.54) is 11.1 Å². The highest BCUT2D eigenvalue weighted by Crippen LogP contribution is 2.44. The Morgan fingerprint density at radius 1 is 0.714 bits per heavy atom. The number of carbonyl (C=O) groups is 3. The molecule has 1 atom stereocenters. The zero-order valence-corrected chi connectivity index (χ0v) is 27.6. The monoisotopic (exact) mass is 654 g/mol. The van der Waals surface area contributed by atoms with Crippen molar-refractivity contribution in [2.24, 2.45) is 5.92 Å². The van der Waals surface area contributed by atoms with Gasteiger partial charge < -0.3 is 19.5 Å². The molecule has 0 unspecified atom stereocenters. The molecule has 0 fully saturated rings. The Kier molecular flexibility index (Phi) is 10.0. The molecule has 0 saturated heterocycles. The SMILES string of the molecule is COc1ccc(COC(=O)[C@@H](NC(=O)c2ccc(-c3cccc(NC(=O)OCC4c5ccccc5-c5ccccc54)c3)cc2)C(C)C)cc1. The van der Waals surface area contributed by atoms with Crippen LogP contribution in [0.1, 0.15) is 46.8 Å². The molecular weight excluding hydrogens is 616 g/mol. The van der Waals surface area contributed by atoms with Gasteiger partial charge in [-0.05, 0) is 81.3 Å². The molecule has 248 valence electrons. The highest BCUT2D eigenvalue weighted by molar-refractivity contribution is 5.97. The van der Waals surface area contributed by atoms with Crippen LogP contribution in [0.4, 0.5) is 10.5 Å². The van der Waals surface area contributed by atoms with E-state index in [4.69, 9.17) is 14.2 Å². The van der Waals surface area contributed by atoms with Crippen molar-refractivity contribution in [1.29, 1.82) is 0 Å². The molecule has 1 aliphatic rings. The Hall–Kier alpha value is -5.89. The summed E-state index contributed by atoms with van der Waals surface area (Å²) in [5.41, 5.74) is 8.17. The largest absolute Gasteiger partial charge is 0.497 e. The minimum Gasteiger partial charge on any atom is -0.497 e. The number of fused-ring (bicyclic) bond motifs is 3. The summed E-state index contributed by atoms with van der Waals surface area (Å²) in [6.45, 7) is 4.02. The lowest BCUT2D eigenvalue weighted by molar-refractivity contribution is -0.148. The lowest BCUT2D eigenvalue weighted by atomic mass is 9.98. The van der Waals surface area contributed by atoms with Crippen LogP contribution in [0.15, 0.2) is 121 Å². The standard InChI is InChI=1S/C41H38N2O6/c1-26(2)38(40(45)48-24-27-15-21-32(47-3)22-16-27)43-39(44)29-19-17-28(18-20-29)30-9-8-10-31(23-30)42-41(46)49-25-37-35-13-6-4-11-33(35)34-12-5-7-14-36(34)37/h4-23,26,37-38H,24-25H2,1-3H3,(H,42,46)(H,43,44)/t38-/m0/s1. The predicted octanol–water partition coefficient (Wildman–Crippen LogP) is 8.22. The molecule has 0 radical (unpaired) electrons. The van der Waals surface area contributed by atoms with E-state index in [0.717, 1.165) is 27.8 Å². The summed E-state index contributed by atoms with van der Waals surface area (Å²) >= 11 is 0. The van der Waals surface area contributed by atoms with E-state index in [2.05, 4.69) is 34.9 Å². The van der Waals surface area contributed by atoms with Gasteiger partial charge in [0.05, 0.1) is 7.11 Å². The number of benzene rings is 5. The average Bonchev–Trinajstić information content (AvgIpc) is 3.45. The van der Waals surface area contributed by atoms with Crippen LogP contribution in [0.25, 0.3) is 22.3 Å². The molecule has 6 rings (SSSR count). The highest BCUT2D eigenvalue weighted by Gasteiger charge is 2.29. The van der Waals surface area contributed by atoms with Crippen molar-refractivity contribution < 1.29 is 28.6 Å². The van der Waals surface area contributed by atoms with Crippen LogP contribution >= 0.6 is 0 Å². The highest BCUT2D eigenvalue weighted by atomic mass is 16.5. The molecule has 8 nitrogen and oxygen atoms in total. The van der Waals surface area contributed by atoms with Gasteiger partial charge in [-0.3, -0.25) is 10.1 Å². The van der Waals surface area contributed by atoms with Gasteiger partial charge in [0.2, 0.25) is 0 Å². The number of esters is 1. The number of nitrogens with one attached hydrogen (secondary N) is 2. The Balaban J connectivity index is 1.04. The number of amides is 2. The van der Waals surface area contributed by atoms with Gasteiger partial charge in [0.1, 0.15) is 25.0 Å². The molecule has 0 spiro atoms. The van der Waals surface area contributed by atoms with Crippen LogP contribution in [-0.4, -0.2) is 37.7 Å². The van der Waals surface area contributed by atoms with Crippen LogP contribution in [0.3, 0.4) is 0 Å². The van der Waals surface area contributed by atoms with Gasteiger partial charge in [0.15, 0.2) is 0 Å². The molecule has 0 aromatic heterocycles. The van der Waals surface area contributed by atoms with E-state index >= 15 is 0 Å². The first kappa shape index (κ1) is 33.0. The molecule has 0 aliphatic heterocycles. The zero-order valence-electron chi connectivity index (χ0n) is 27.6. The minimum atomic E-state index is -0.814. The van der Waals surface area contributed by atoms with Crippen molar-refractivity contribution in [2.45, 2.75) is 32.4 Å². The quantitative estimate of drug-likeness (QED) is 0.139. The third kappa shape index (κ3) is 7.65. The maximum absolute atomic E-state index is 13.1. The van der Waals surface area contributed by atoms with Crippen molar-refractivity contribution >= 4 is 23.7 Å². The maximum atomic E-state index is 13.1. The molecule has 8 heteroatoms. The van der Waals surface area contributed by atoms with E-state index in [0.29, 0.717) is 17.0 Å². The molecule has 1 aliphatic carbocycles. The van der Waals surface area contributed by atoms with Crippen molar-refractivity contribution in [2.75, 3.05) is 19.0 Å². The minimum absolute atomic E-state index is 0.0268. The Labute approximate surface area is 286 Å². The number of methoxy groups -OCH3 is 1. The molecule has 49 heavy (non-hydrogen) atoms. The van der Waals surface area contributed by atoms with Crippen molar-refractivity contribution in [1.82, 2.24) is 5.32 Å². The molecule has 2 N–H and O–H groups in total. The number of carbonyl (C=O) groups excluding carboxylic acids is 3. The number of anilines is 1. The van der Waals surface area contributed by atoms with Crippen LogP contribution < -0.4 is 15.4 Å². The fraction of sp³-hybridized carbons (Fsp3) is 0.195. The van der Waals surface area contributed by atoms with Gasteiger partial charge >= 0.3 is 12.1 Å². The summed E-state index contributed by atoms with van der Waals surface area (Å²) in [5, 5.41) is 5.67. The fourth-order valence-corrected chi connectivity index (χ4v) is 6.03. The van der Waals surface area contributed by atoms with Crippen LogP contribution in [-0.2, 0) is 20.9 Å². The Morgan fingerprint density at radius 3 is 2.00 bits per heavy atom. The molecule has 0 bridgehead atoms. The van der Waals surface area contributed by atoms with Crippen LogP contribution in [0.2, 0.25) is 0 Å². The first-order valence-corrected chi connectivity index (χ1v) is 16.2. The van der Waals surface area contributed by atoms with Crippen molar-refractivity contribution in [3.05, 3.63) is 144 Å². The summed E-state index contributed by atoms with van der Waals surface area (Å²) in [6, 6.07) is 37.3. The number of ether oxygens (including phenoxy) is 3. The molecule has 0 saturated carbocycles. The lowest BCUT2D eigenvalue weighted by Gasteiger charge is -2.21. The number of hydrogen-bond acceptors (Lipinski definition) is 6. The fourth-order valence-electron chi connectivity index (χ4n) is 6.03. The summed E-state index contributed by atoms with van der Waals surface area (Å²) < 4.78 is 16.4. The zero-order chi connectivity index (χ0) is 34.3. The topological polar surface area (TPSA) is 103 Å². The first-order chi connectivity index (χ1) is 23.8. The average molecular weight is 655 g/mol. The second kappa shape index (κ2) is 14.9. The van der Waals surface area contributed by atoms with Gasteiger partial charge in [-0.2, -0.15) is 0 Å². The van der Waals surface area contributed by atoms with Crippen molar-refractivity contribution in [3.8, 4) is 28.0 Å². The predicted molar refractivity (Wildman–Crippen MR) is 189 cm³/mol. The Morgan fingerprint density at radius 2 is 1.37 bits per heavy atom. The smallest absolute Gasteiger partial charge is 0.411 e. The van der Waals surface area contributed by atoms with Crippen molar-refractivity contribution in [3.63, 3.8) is 0 Å². The third-order valence-corrected chi connectivity index (χ3v) is 8.68. The number of hydrogen-bond donors (Lipinski definition) is 2. The molecule has 2 amide bonds. The lowest BCUT2D eigenvalue weighted by Crippen LogP contribution is -2.45. The molecular formula is C41H38N2O6. The molecule has 5 aromatic rings. The molecule has 0 heterocycles. The maximum Gasteiger partial charge on any atom is 0.411 e.